The molecule has 2 aromatic rings. The molecule has 0 radical (unpaired) electrons. The summed E-state index contributed by atoms with van der Waals surface area (Å²) in [4.78, 5) is 23.7. The van der Waals surface area contributed by atoms with E-state index in [2.05, 4.69) is 20.8 Å². The fourth-order valence-electron chi connectivity index (χ4n) is 2.87. The summed E-state index contributed by atoms with van der Waals surface area (Å²) in [5.74, 6) is 0.00942. The molecule has 0 unspecified atom stereocenters. The summed E-state index contributed by atoms with van der Waals surface area (Å²) in [6.07, 6.45) is 5.75. The van der Waals surface area contributed by atoms with Crippen LogP contribution >= 0.6 is 0 Å². The van der Waals surface area contributed by atoms with Gasteiger partial charge in [-0.05, 0) is 47.8 Å². The van der Waals surface area contributed by atoms with E-state index in [-0.39, 0.29) is 22.5 Å². The van der Waals surface area contributed by atoms with Gasteiger partial charge in [-0.15, -0.1) is 0 Å². The van der Waals surface area contributed by atoms with Crippen molar-refractivity contribution in [3.63, 3.8) is 0 Å². The lowest BCUT2D eigenvalue weighted by Crippen LogP contribution is -2.12. The molecule has 0 bridgehead atoms. The number of rotatable bonds is 9. The monoisotopic (exact) mass is 422 g/mol. The maximum Gasteiger partial charge on any atom is 0.341 e. The topological polar surface area (TPSA) is 72.8 Å². The SMILES string of the molecule is C/C=C(\CC)Oc1ccc(C(=O)/C=C/c2ccc(C(C)(C)C)cc2)c(OCC(=O)O)c1. The Kier molecular flexibility index (Phi) is 8.20. The number of hydrogen-bond acceptors (Lipinski definition) is 4. The Morgan fingerprint density at radius 2 is 1.74 bits per heavy atom. The molecule has 31 heavy (non-hydrogen) atoms. The van der Waals surface area contributed by atoms with Gasteiger partial charge >= 0.3 is 5.97 Å². The molecule has 5 heteroatoms. The first-order valence-electron chi connectivity index (χ1n) is 10.3. The fraction of sp³-hybridized carbons (Fsp3) is 0.308. The number of ketones is 1. The van der Waals surface area contributed by atoms with Crippen LogP contribution in [-0.2, 0) is 10.2 Å². The largest absolute Gasteiger partial charge is 0.481 e. The second kappa shape index (κ2) is 10.6. The van der Waals surface area contributed by atoms with E-state index in [1.165, 1.54) is 11.6 Å². The zero-order valence-corrected chi connectivity index (χ0v) is 18.8. The van der Waals surface area contributed by atoms with Crippen LogP contribution in [0.25, 0.3) is 6.08 Å². The van der Waals surface area contributed by atoms with Crippen molar-refractivity contribution < 1.29 is 24.2 Å². The molecule has 0 aromatic heterocycles. The van der Waals surface area contributed by atoms with E-state index in [0.29, 0.717) is 12.2 Å². The Morgan fingerprint density at radius 1 is 1.06 bits per heavy atom. The second-order valence-electron chi connectivity index (χ2n) is 8.12. The lowest BCUT2D eigenvalue weighted by Gasteiger charge is -2.18. The van der Waals surface area contributed by atoms with Crippen molar-refractivity contribution in [3.05, 3.63) is 77.1 Å². The van der Waals surface area contributed by atoms with Crippen LogP contribution < -0.4 is 9.47 Å². The van der Waals surface area contributed by atoms with Crippen LogP contribution in [0.2, 0.25) is 0 Å². The molecule has 0 amide bonds. The van der Waals surface area contributed by atoms with Crippen LogP contribution in [0.3, 0.4) is 0 Å². The highest BCUT2D eigenvalue weighted by Crippen LogP contribution is 2.28. The van der Waals surface area contributed by atoms with Crippen molar-refractivity contribution in [3.8, 4) is 11.5 Å². The van der Waals surface area contributed by atoms with Crippen LogP contribution in [0.4, 0.5) is 0 Å². The van der Waals surface area contributed by atoms with Gasteiger partial charge in [0.1, 0.15) is 11.5 Å². The Morgan fingerprint density at radius 3 is 2.29 bits per heavy atom. The van der Waals surface area contributed by atoms with Gasteiger partial charge in [-0.25, -0.2) is 4.79 Å². The van der Waals surface area contributed by atoms with Gasteiger partial charge in [0.05, 0.1) is 11.3 Å². The van der Waals surface area contributed by atoms with Crippen molar-refractivity contribution in [2.24, 2.45) is 0 Å². The Balaban J connectivity index is 2.26. The average molecular weight is 423 g/mol. The maximum absolute atomic E-state index is 12.8. The first-order valence-corrected chi connectivity index (χ1v) is 10.3. The van der Waals surface area contributed by atoms with Crippen LogP contribution in [0.5, 0.6) is 11.5 Å². The van der Waals surface area contributed by atoms with Gasteiger partial charge in [0.25, 0.3) is 0 Å². The molecule has 0 saturated heterocycles. The van der Waals surface area contributed by atoms with E-state index in [1.807, 2.05) is 44.2 Å². The van der Waals surface area contributed by atoms with E-state index in [9.17, 15) is 9.59 Å². The number of ether oxygens (including phenoxy) is 2. The summed E-state index contributed by atoms with van der Waals surface area (Å²) in [6, 6.07) is 12.8. The molecule has 0 atom stereocenters. The van der Waals surface area contributed by atoms with Gasteiger partial charge < -0.3 is 14.6 Å². The molecule has 0 spiro atoms. The maximum atomic E-state index is 12.8. The van der Waals surface area contributed by atoms with Gasteiger partial charge in [0.2, 0.25) is 0 Å². The molecule has 164 valence electrons. The zero-order chi connectivity index (χ0) is 23.0. The minimum absolute atomic E-state index is 0.0584. The number of allylic oxidation sites excluding steroid dienone is 3. The number of benzene rings is 2. The van der Waals surface area contributed by atoms with E-state index >= 15 is 0 Å². The van der Waals surface area contributed by atoms with Crippen LogP contribution in [0, 0.1) is 0 Å². The molecule has 0 aliphatic rings. The summed E-state index contributed by atoms with van der Waals surface area (Å²) in [5, 5.41) is 8.96. The molecule has 0 heterocycles. The minimum atomic E-state index is -1.12. The predicted molar refractivity (Wildman–Crippen MR) is 123 cm³/mol. The molecular formula is C26H30O5. The predicted octanol–water partition coefficient (Wildman–Crippen LogP) is 6.04. The lowest BCUT2D eigenvalue weighted by molar-refractivity contribution is -0.139. The highest BCUT2D eigenvalue weighted by atomic mass is 16.5. The lowest BCUT2D eigenvalue weighted by atomic mass is 9.87. The summed E-state index contributed by atoms with van der Waals surface area (Å²) in [6.45, 7) is 9.73. The molecular weight excluding hydrogens is 392 g/mol. The van der Waals surface area contributed by atoms with Crippen LogP contribution in [-0.4, -0.2) is 23.5 Å². The molecule has 5 nitrogen and oxygen atoms in total. The normalized spacial score (nSPS) is 12.1. The van der Waals surface area contributed by atoms with Crippen molar-refractivity contribution in [1.29, 1.82) is 0 Å². The Hall–Kier alpha value is -3.34. The molecule has 2 aromatic carbocycles. The van der Waals surface area contributed by atoms with Gasteiger partial charge in [0.15, 0.2) is 12.4 Å². The minimum Gasteiger partial charge on any atom is -0.481 e. The number of aliphatic carboxylic acids is 1. The van der Waals surface area contributed by atoms with Gasteiger partial charge in [-0.2, -0.15) is 0 Å². The second-order valence-corrected chi connectivity index (χ2v) is 8.12. The molecule has 1 N–H and O–H groups in total. The Labute approximate surface area is 184 Å². The smallest absolute Gasteiger partial charge is 0.341 e. The number of carboxylic acids is 1. The van der Waals surface area contributed by atoms with E-state index < -0.39 is 12.6 Å². The zero-order valence-electron chi connectivity index (χ0n) is 18.8. The van der Waals surface area contributed by atoms with Gasteiger partial charge in [0, 0.05) is 12.5 Å². The average Bonchev–Trinajstić information content (AvgIpc) is 2.74. The highest BCUT2D eigenvalue weighted by molar-refractivity contribution is 6.08. The molecule has 0 aliphatic heterocycles. The number of carbonyl (C=O) groups is 2. The molecule has 0 aliphatic carbocycles. The summed E-state index contributed by atoms with van der Waals surface area (Å²) < 4.78 is 11.1. The third-order valence-electron chi connectivity index (χ3n) is 4.69. The molecule has 0 fully saturated rings. The van der Waals surface area contributed by atoms with E-state index in [0.717, 1.165) is 11.3 Å². The van der Waals surface area contributed by atoms with Crippen molar-refractivity contribution in [2.75, 3.05) is 6.61 Å². The van der Waals surface area contributed by atoms with Crippen LogP contribution in [0.15, 0.2) is 60.4 Å². The van der Waals surface area contributed by atoms with E-state index in [1.54, 1.807) is 24.3 Å². The van der Waals surface area contributed by atoms with E-state index in [4.69, 9.17) is 14.6 Å². The molecule has 2 rings (SSSR count). The number of carboxylic acid groups (broad SMARTS) is 1. The van der Waals surface area contributed by atoms with Crippen molar-refractivity contribution in [2.45, 2.75) is 46.5 Å². The number of hydrogen-bond donors (Lipinski definition) is 1. The summed E-state index contributed by atoms with van der Waals surface area (Å²) in [7, 11) is 0. The summed E-state index contributed by atoms with van der Waals surface area (Å²) >= 11 is 0. The third kappa shape index (κ3) is 7.14. The summed E-state index contributed by atoms with van der Waals surface area (Å²) in [5.41, 5.74) is 2.44. The van der Waals surface area contributed by atoms with Crippen molar-refractivity contribution >= 4 is 17.8 Å². The van der Waals surface area contributed by atoms with Crippen LogP contribution in [0.1, 0.15) is 62.5 Å². The quantitative estimate of drug-likeness (QED) is 0.303. The molecule has 0 saturated carbocycles. The first kappa shape index (κ1) is 23.9. The van der Waals surface area contributed by atoms with Gasteiger partial charge in [-0.1, -0.05) is 58.0 Å². The Bertz CT molecular complexity index is 976. The number of carbonyl (C=O) groups excluding carboxylic acids is 1. The van der Waals surface area contributed by atoms with Gasteiger partial charge in [-0.3, -0.25) is 4.79 Å². The van der Waals surface area contributed by atoms with Crippen molar-refractivity contribution in [1.82, 2.24) is 0 Å². The standard InChI is InChI=1S/C26H30O5/c1-6-20(7-2)31-21-13-14-22(24(16-21)30-17-25(28)29)23(27)15-10-18-8-11-19(12-9-18)26(3,4)5/h6,8-16H,7,17H2,1-5H3,(H,28,29)/b15-10+,20-6+. The fourth-order valence-corrected chi connectivity index (χ4v) is 2.87. The first-order chi connectivity index (χ1) is 14.6. The third-order valence-corrected chi connectivity index (χ3v) is 4.69. The highest BCUT2D eigenvalue weighted by Gasteiger charge is 2.15.